The third-order valence-corrected chi connectivity index (χ3v) is 4.83. The first-order valence-electron chi connectivity index (χ1n) is 10.3. The van der Waals surface area contributed by atoms with Crippen LogP contribution in [0.5, 0.6) is 11.5 Å². The van der Waals surface area contributed by atoms with E-state index in [-0.39, 0.29) is 11.5 Å². The highest BCUT2D eigenvalue weighted by Crippen LogP contribution is 2.30. The van der Waals surface area contributed by atoms with Crippen LogP contribution in [0, 0.1) is 0 Å². The van der Waals surface area contributed by atoms with Crippen LogP contribution in [-0.2, 0) is 12.8 Å². The molecule has 0 saturated heterocycles. The Morgan fingerprint density at radius 1 is 0.885 bits per heavy atom. The summed E-state index contributed by atoms with van der Waals surface area (Å²) in [7, 11) is 0. The smallest absolute Gasteiger partial charge is 0.123 e. The molecule has 0 atom stereocenters. The van der Waals surface area contributed by atoms with Crippen molar-refractivity contribution in [1.29, 1.82) is 0 Å². The second-order valence-corrected chi connectivity index (χ2v) is 7.71. The number of phenols is 2. The summed E-state index contributed by atoms with van der Waals surface area (Å²) >= 11 is 0. The van der Waals surface area contributed by atoms with Gasteiger partial charge in [0.05, 0.1) is 0 Å². The Labute approximate surface area is 160 Å². The molecule has 0 aliphatic heterocycles. The molecule has 0 spiro atoms. The molecule has 0 heterocycles. The summed E-state index contributed by atoms with van der Waals surface area (Å²) in [5.41, 5.74) is 4.30. The van der Waals surface area contributed by atoms with Gasteiger partial charge in [-0.05, 0) is 70.6 Å². The van der Waals surface area contributed by atoms with Gasteiger partial charge >= 0.3 is 0 Å². The molecule has 0 aromatic heterocycles. The topological polar surface area (TPSA) is 40.5 Å². The molecule has 0 amide bonds. The molecule has 2 heteroatoms. The third kappa shape index (κ3) is 9.12. The van der Waals surface area contributed by atoms with Crippen LogP contribution in [0.2, 0.25) is 0 Å². The van der Waals surface area contributed by atoms with Crippen molar-refractivity contribution < 1.29 is 10.2 Å². The van der Waals surface area contributed by atoms with Crippen molar-refractivity contribution in [2.45, 2.75) is 91.9 Å². The van der Waals surface area contributed by atoms with E-state index < -0.39 is 0 Å². The van der Waals surface area contributed by atoms with Crippen LogP contribution in [0.4, 0.5) is 0 Å². The molecule has 0 fully saturated rings. The zero-order valence-electron chi connectivity index (χ0n) is 17.3. The molecule has 146 valence electrons. The average molecular weight is 359 g/mol. The maximum absolute atomic E-state index is 10.3. The normalized spacial score (nSPS) is 11.6. The van der Waals surface area contributed by atoms with Gasteiger partial charge in [-0.1, -0.05) is 62.3 Å². The SMILES string of the molecule is CCCCCCCCc1cc(O)c(CC=C(C)CCC=C(C)C)c(O)c1. The largest absolute Gasteiger partial charge is 0.508 e. The summed E-state index contributed by atoms with van der Waals surface area (Å²) in [5, 5.41) is 20.6. The highest BCUT2D eigenvalue weighted by Gasteiger charge is 2.09. The van der Waals surface area contributed by atoms with Crippen LogP contribution >= 0.6 is 0 Å². The summed E-state index contributed by atoms with van der Waals surface area (Å²) in [6.45, 7) is 8.57. The second-order valence-electron chi connectivity index (χ2n) is 7.71. The summed E-state index contributed by atoms with van der Waals surface area (Å²) in [5.74, 6) is 0.443. The standard InChI is InChI=1S/C24H38O2/c1-5-6-7-8-9-10-14-21-17-23(25)22(24(26)18-21)16-15-20(4)13-11-12-19(2)3/h12,15,17-18,25-26H,5-11,13-14,16H2,1-4H3. The van der Waals surface area contributed by atoms with E-state index >= 15 is 0 Å². The van der Waals surface area contributed by atoms with E-state index in [0.29, 0.717) is 12.0 Å². The van der Waals surface area contributed by atoms with Crippen molar-refractivity contribution in [3.63, 3.8) is 0 Å². The van der Waals surface area contributed by atoms with Crippen molar-refractivity contribution in [2.24, 2.45) is 0 Å². The van der Waals surface area contributed by atoms with Gasteiger partial charge < -0.3 is 10.2 Å². The molecule has 1 rings (SSSR count). The van der Waals surface area contributed by atoms with Crippen molar-refractivity contribution in [3.05, 3.63) is 46.6 Å². The third-order valence-electron chi connectivity index (χ3n) is 4.83. The molecule has 0 unspecified atom stereocenters. The minimum atomic E-state index is 0.222. The highest BCUT2D eigenvalue weighted by atomic mass is 16.3. The van der Waals surface area contributed by atoms with E-state index in [9.17, 15) is 10.2 Å². The molecule has 2 N–H and O–H groups in total. The Hall–Kier alpha value is -1.70. The van der Waals surface area contributed by atoms with Gasteiger partial charge in [-0.2, -0.15) is 0 Å². The predicted octanol–water partition coefficient (Wildman–Crippen LogP) is 7.24. The molecule has 0 aliphatic rings. The van der Waals surface area contributed by atoms with Crippen molar-refractivity contribution in [3.8, 4) is 11.5 Å². The van der Waals surface area contributed by atoms with Gasteiger partial charge in [0.15, 0.2) is 0 Å². The van der Waals surface area contributed by atoms with E-state index in [1.165, 1.54) is 43.3 Å². The van der Waals surface area contributed by atoms with E-state index in [2.05, 4.69) is 39.8 Å². The van der Waals surface area contributed by atoms with Crippen LogP contribution in [-0.4, -0.2) is 10.2 Å². The van der Waals surface area contributed by atoms with Gasteiger partial charge in [0, 0.05) is 5.56 Å². The van der Waals surface area contributed by atoms with E-state index in [1.54, 1.807) is 0 Å². The first kappa shape index (κ1) is 22.3. The van der Waals surface area contributed by atoms with Gasteiger partial charge in [0.1, 0.15) is 11.5 Å². The molecule has 0 aliphatic carbocycles. The minimum absolute atomic E-state index is 0.222. The summed E-state index contributed by atoms with van der Waals surface area (Å²) in [6, 6.07) is 3.65. The molecular weight excluding hydrogens is 320 g/mol. The lowest BCUT2D eigenvalue weighted by molar-refractivity contribution is 0.439. The number of hydrogen-bond donors (Lipinski definition) is 2. The van der Waals surface area contributed by atoms with Crippen LogP contribution in [0.1, 0.15) is 90.2 Å². The average Bonchev–Trinajstić information content (AvgIpc) is 2.57. The van der Waals surface area contributed by atoms with Crippen LogP contribution < -0.4 is 0 Å². The number of phenolic OH excluding ortho intramolecular Hbond substituents is 2. The van der Waals surface area contributed by atoms with Gasteiger partial charge in [-0.25, -0.2) is 0 Å². The number of rotatable bonds is 12. The van der Waals surface area contributed by atoms with Crippen LogP contribution in [0.25, 0.3) is 0 Å². The van der Waals surface area contributed by atoms with E-state index in [4.69, 9.17) is 0 Å². The Bertz CT molecular complexity index is 569. The van der Waals surface area contributed by atoms with Gasteiger partial charge in [0.2, 0.25) is 0 Å². The second kappa shape index (κ2) is 12.6. The van der Waals surface area contributed by atoms with Gasteiger partial charge in [-0.3, -0.25) is 0 Å². The molecular formula is C24H38O2. The number of benzene rings is 1. The molecule has 26 heavy (non-hydrogen) atoms. The Morgan fingerprint density at radius 3 is 2.12 bits per heavy atom. The van der Waals surface area contributed by atoms with E-state index in [1.807, 2.05) is 12.1 Å². The first-order valence-corrected chi connectivity index (χ1v) is 10.3. The lowest BCUT2D eigenvalue weighted by atomic mass is 10.00. The zero-order chi connectivity index (χ0) is 19.4. The summed E-state index contributed by atoms with van der Waals surface area (Å²) in [4.78, 5) is 0. The molecule has 1 aromatic carbocycles. The molecule has 1 aromatic rings. The highest BCUT2D eigenvalue weighted by molar-refractivity contribution is 5.47. The maximum atomic E-state index is 10.3. The van der Waals surface area contributed by atoms with Crippen LogP contribution in [0.3, 0.4) is 0 Å². The van der Waals surface area contributed by atoms with Crippen molar-refractivity contribution in [2.75, 3.05) is 0 Å². The van der Waals surface area contributed by atoms with Crippen molar-refractivity contribution >= 4 is 0 Å². The fraction of sp³-hybridized carbons (Fsp3) is 0.583. The number of allylic oxidation sites excluding steroid dienone is 4. The minimum Gasteiger partial charge on any atom is -0.508 e. The lowest BCUT2D eigenvalue weighted by Crippen LogP contribution is -1.91. The number of unbranched alkanes of at least 4 members (excludes halogenated alkanes) is 5. The lowest BCUT2D eigenvalue weighted by Gasteiger charge is -2.10. The molecule has 0 bridgehead atoms. The predicted molar refractivity (Wildman–Crippen MR) is 113 cm³/mol. The van der Waals surface area contributed by atoms with Gasteiger partial charge in [0.25, 0.3) is 0 Å². The van der Waals surface area contributed by atoms with Crippen molar-refractivity contribution in [1.82, 2.24) is 0 Å². The monoisotopic (exact) mass is 358 g/mol. The fourth-order valence-corrected chi connectivity index (χ4v) is 3.13. The molecule has 0 radical (unpaired) electrons. The van der Waals surface area contributed by atoms with E-state index in [0.717, 1.165) is 31.2 Å². The number of aryl methyl sites for hydroxylation is 1. The fourth-order valence-electron chi connectivity index (χ4n) is 3.13. The molecule has 0 saturated carbocycles. The van der Waals surface area contributed by atoms with Crippen LogP contribution in [0.15, 0.2) is 35.4 Å². The first-order chi connectivity index (χ1) is 12.4. The number of aromatic hydroxyl groups is 2. The summed E-state index contributed by atoms with van der Waals surface area (Å²) in [6.07, 6.45) is 15.4. The number of hydrogen-bond acceptors (Lipinski definition) is 2. The van der Waals surface area contributed by atoms with Gasteiger partial charge in [-0.15, -0.1) is 0 Å². The molecule has 2 nitrogen and oxygen atoms in total. The maximum Gasteiger partial charge on any atom is 0.123 e. The Kier molecular flexibility index (Phi) is 10.8. The Morgan fingerprint density at radius 2 is 1.50 bits per heavy atom. The summed E-state index contributed by atoms with van der Waals surface area (Å²) < 4.78 is 0. The Balaban J connectivity index is 2.54. The quantitative estimate of drug-likeness (QED) is 0.305. The zero-order valence-corrected chi connectivity index (χ0v) is 17.3.